The second-order valence-corrected chi connectivity index (χ2v) is 6.28. The van der Waals surface area contributed by atoms with Crippen molar-refractivity contribution in [2.45, 2.75) is 96.8 Å². The van der Waals surface area contributed by atoms with E-state index >= 15 is 0 Å². The van der Waals surface area contributed by atoms with Crippen molar-refractivity contribution >= 4 is 5.78 Å². The summed E-state index contributed by atoms with van der Waals surface area (Å²) in [7, 11) is 0. The van der Waals surface area contributed by atoms with Gasteiger partial charge in [0.15, 0.2) is 0 Å². The summed E-state index contributed by atoms with van der Waals surface area (Å²) in [6, 6.07) is 0. The number of ketones is 1. The molecule has 0 aromatic carbocycles. The maximum absolute atomic E-state index is 11.8. The zero-order valence-electron chi connectivity index (χ0n) is 12.4. The number of rotatable bonds is 0. The summed E-state index contributed by atoms with van der Waals surface area (Å²) in [6.45, 7) is 2.25. The summed E-state index contributed by atoms with van der Waals surface area (Å²) in [4.78, 5) is 11.8. The van der Waals surface area contributed by atoms with Crippen LogP contribution in [0.4, 0.5) is 0 Å². The molecule has 0 bridgehead atoms. The summed E-state index contributed by atoms with van der Waals surface area (Å²) in [6.07, 6.45) is 17.8. The molecule has 1 heteroatoms. The average molecular weight is 252 g/mol. The van der Waals surface area contributed by atoms with E-state index < -0.39 is 0 Å². The van der Waals surface area contributed by atoms with Gasteiger partial charge >= 0.3 is 0 Å². The number of Topliss-reactive ketones (excluding diaryl/α,β-unsaturated/α-hetero) is 1. The van der Waals surface area contributed by atoms with E-state index in [-0.39, 0.29) is 0 Å². The van der Waals surface area contributed by atoms with Crippen LogP contribution in [-0.4, -0.2) is 5.78 Å². The van der Waals surface area contributed by atoms with Crippen molar-refractivity contribution in [1.82, 2.24) is 0 Å². The zero-order valence-corrected chi connectivity index (χ0v) is 12.4. The first-order valence-electron chi connectivity index (χ1n) is 8.31. The van der Waals surface area contributed by atoms with Crippen LogP contribution in [0.3, 0.4) is 0 Å². The van der Waals surface area contributed by atoms with E-state index in [2.05, 4.69) is 6.92 Å². The van der Waals surface area contributed by atoms with Gasteiger partial charge in [-0.1, -0.05) is 77.6 Å². The van der Waals surface area contributed by atoms with Gasteiger partial charge in [-0.15, -0.1) is 0 Å². The van der Waals surface area contributed by atoms with E-state index in [0.29, 0.717) is 11.7 Å². The summed E-state index contributed by atoms with van der Waals surface area (Å²) < 4.78 is 0. The maximum atomic E-state index is 11.8. The second-order valence-electron chi connectivity index (χ2n) is 6.28. The monoisotopic (exact) mass is 252 g/mol. The highest BCUT2D eigenvalue weighted by molar-refractivity contribution is 5.78. The summed E-state index contributed by atoms with van der Waals surface area (Å²) >= 11 is 0. The van der Waals surface area contributed by atoms with Crippen LogP contribution in [0.25, 0.3) is 0 Å². The minimum atomic E-state index is 0.509. The van der Waals surface area contributed by atoms with Crippen LogP contribution in [0, 0.1) is 5.92 Å². The molecule has 0 saturated heterocycles. The van der Waals surface area contributed by atoms with Crippen LogP contribution in [-0.2, 0) is 4.79 Å². The van der Waals surface area contributed by atoms with E-state index in [4.69, 9.17) is 0 Å². The van der Waals surface area contributed by atoms with Crippen LogP contribution in [0.1, 0.15) is 96.8 Å². The normalized spacial score (nSPS) is 26.9. The van der Waals surface area contributed by atoms with E-state index in [1.54, 1.807) is 0 Å². The fourth-order valence-electron chi connectivity index (χ4n) is 3.00. The van der Waals surface area contributed by atoms with Crippen molar-refractivity contribution in [3.8, 4) is 0 Å². The Morgan fingerprint density at radius 3 is 1.72 bits per heavy atom. The molecule has 1 unspecified atom stereocenters. The molecule has 0 aromatic rings. The first-order chi connectivity index (χ1) is 8.79. The quantitative estimate of drug-likeness (QED) is 0.543. The highest BCUT2D eigenvalue weighted by Gasteiger charge is 2.09. The van der Waals surface area contributed by atoms with Crippen LogP contribution >= 0.6 is 0 Å². The maximum Gasteiger partial charge on any atom is 0.133 e. The Hall–Kier alpha value is -0.330. The SMILES string of the molecule is CC1CCCCCCCCCCCCCC(=O)C1. The third-order valence-electron chi connectivity index (χ3n) is 4.23. The summed E-state index contributed by atoms with van der Waals surface area (Å²) in [5.74, 6) is 1.12. The van der Waals surface area contributed by atoms with Gasteiger partial charge in [0.25, 0.3) is 0 Å². The first-order valence-corrected chi connectivity index (χ1v) is 8.31. The third kappa shape index (κ3) is 8.72. The molecule has 1 rings (SSSR count). The first kappa shape index (κ1) is 15.7. The van der Waals surface area contributed by atoms with Gasteiger partial charge in [0, 0.05) is 12.8 Å². The molecular formula is C17H32O. The molecule has 0 aromatic heterocycles. The fraction of sp³-hybridized carbons (Fsp3) is 0.941. The molecule has 0 amide bonds. The van der Waals surface area contributed by atoms with Crippen molar-refractivity contribution in [1.29, 1.82) is 0 Å². The lowest BCUT2D eigenvalue weighted by Gasteiger charge is -2.11. The van der Waals surface area contributed by atoms with Crippen LogP contribution in [0.15, 0.2) is 0 Å². The predicted octanol–water partition coefficient (Wildman–Crippen LogP) is 5.67. The minimum absolute atomic E-state index is 0.509. The van der Waals surface area contributed by atoms with Crippen molar-refractivity contribution in [3.05, 3.63) is 0 Å². The molecule has 0 radical (unpaired) electrons. The summed E-state index contributed by atoms with van der Waals surface area (Å²) in [5.41, 5.74) is 0. The van der Waals surface area contributed by atoms with Crippen molar-refractivity contribution in [2.75, 3.05) is 0 Å². The van der Waals surface area contributed by atoms with Crippen LogP contribution in [0.5, 0.6) is 0 Å². The zero-order chi connectivity index (χ0) is 13.1. The molecule has 1 aliphatic carbocycles. The molecule has 18 heavy (non-hydrogen) atoms. The number of carbonyl (C=O) groups is 1. The van der Waals surface area contributed by atoms with Crippen LogP contribution in [0.2, 0.25) is 0 Å². The van der Waals surface area contributed by atoms with Crippen LogP contribution < -0.4 is 0 Å². The van der Waals surface area contributed by atoms with Gasteiger partial charge in [-0.25, -0.2) is 0 Å². The molecule has 1 atom stereocenters. The lowest BCUT2D eigenvalue weighted by atomic mass is 9.94. The Labute approximate surface area is 114 Å². The van der Waals surface area contributed by atoms with E-state index in [1.165, 1.54) is 70.6 Å². The molecule has 0 heterocycles. The smallest absolute Gasteiger partial charge is 0.133 e. The minimum Gasteiger partial charge on any atom is -0.300 e. The Bertz CT molecular complexity index is 210. The van der Waals surface area contributed by atoms with Gasteiger partial charge in [0.2, 0.25) is 0 Å². The Morgan fingerprint density at radius 2 is 1.17 bits per heavy atom. The lowest BCUT2D eigenvalue weighted by Crippen LogP contribution is -2.05. The molecular weight excluding hydrogens is 220 g/mol. The highest BCUT2D eigenvalue weighted by atomic mass is 16.1. The molecule has 0 spiro atoms. The van der Waals surface area contributed by atoms with E-state index in [0.717, 1.165) is 19.3 Å². The standard InChI is InChI=1S/C17H32O/c1-16-13-11-9-7-5-3-2-4-6-8-10-12-14-17(18)15-16/h16H,2-15H2,1H3. The van der Waals surface area contributed by atoms with Crippen molar-refractivity contribution in [3.63, 3.8) is 0 Å². The van der Waals surface area contributed by atoms with E-state index in [1.807, 2.05) is 0 Å². The molecule has 1 nitrogen and oxygen atoms in total. The van der Waals surface area contributed by atoms with Gasteiger partial charge in [-0.2, -0.15) is 0 Å². The Morgan fingerprint density at radius 1 is 0.722 bits per heavy atom. The largest absolute Gasteiger partial charge is 0.300 e. The number of hydrogen-bond acceptors (Lipinski definition) is 1. The number of carbonyl (C=O) groups excluding carboxylic acids is 1. The average Bonchev–Trinajstić information content (AvgIpc) is 2.33. The molecule has 1 fully saturated rings. The molecule has 0 aliphatic heterocycles. The molecule has 0 N–H and O–H groups in total. The summed E-state index contributed by atoms with van der Waals surface area (Å²) in [5, 5.41) is 0. The highest BCUT2D eigenvalue weighted by Crippen LogP contribution is 2.18. The van der Waals surface area contributed by atoms with Gasteiger partial charge in [0.1, 0.15) is 5.78 Å². The molecule has 1 aliphatic rings. The van der Waals surface area contributed by atoms with Gasteiger partial charge in [-0.05, 0) is 12.3 Å². The van der Waals surface area contributed by atoms with Crippen molar-refractivity contribution < 1.29 is 4.79 Å². The number of hydrogen-bond donors (Lipinski definition) is 0. The molecule has 1 saturated carbocycles. The van der Waals surface area contributed by atoms with E-state index in [9.17, 15) is 4.79 Å². The fourth-order valence-corrected chi connectivity index (χ4v) is 3.00. The van der Waals surface area contributed by atoms with Gasteiger partial charge < -0.3 is 0 Å². The van der Waals surface area contributed by atoms with Crippen molar-refractivity contribution in [2.24, 2.45) is 5.92 Å². The Kier molecular flexibility index (Phi) is 9.24. The lowest BCUT2D eigenvalue weighted by molar-refractivity contribution is -0.120. The predicted molar refractivity (Wildman–Crippen MR) is 78.8 cm³/mol. The second kappa shape index (κ2) is 10.6. The third-order valence-corrected chi connectivity index (χ3v) is 4.23. The Balaban J connectivity index is 2.21. The van der Waals surface area contributed by atoms with Gasteiger partial charge in [-0.3, -0.25) is 4.79 Å². The topological polar surface area (TPSA) is 17.1 Å². The molecule has 106 valence electrons. The van der Waals surface area contributed by atoms with Gasteiger partial charge in [0.05, 0.1) is 0 Å².